The third-order valence-corrected chi connectivity index (χ3v) is 5.50. The molecule has 14 heteroatoms. The van der Waals surface area contributed by atoms with Gasteiger partial charge in [0.15, 0.2) is 0 Å². The van der Waals surface area contributed by atoms with Gasteiger partial charge in [0.25, 0.3) is 0 Å². The molecule has 0 saturated heterocycles. The molecule has 2 aromatic carbocycles. The molecule has 0 spiro atoms. The highest BCUT2D eigenvalue weighted by Gasteiger charge is 2.32. The second-order valence-electron chi connectivity index (χ2n) is 8.54. The molecule has 0 aliphatic carbocycles. The first-order valence-electron chi connectivity index (χ1n) is 11.0. The van der Waals surface area contributed by atoms with Crippen molar-refractivity contribution in [1.29, 1.82) is 0 Å². The second kappa shape index (κ2) is 9.04. The predicted octanol–water partition coefficient (Wildman–Crippen LogP) is 7.21. The number of hydrogen-bond acceptors (Lipinski definition) is 8. The standard InChI is InChI=1S/C24H18F6N8/c1-11-9-31-21-35-18-6-14(24(28,29)30)4-16(8-18)34-20-12(2)10-32-22(38-20)36-17-5-13(23(25,26)27)3-15(7-17)33-19(11)37-21/h3-10H,1-2H3,(H2,31,33,35,37)(H2,32,34,36,38). The van der Waals surface area contributed by atoms with Crippen LogP contribution in [0, 0.1) is 13.8 Å². The SMILES string of the molecule is Cc1cnc2nc1Nc1cc(cc(C(F)(F)F)c1)Nc1ncc(C)c(n1)Nc1cc(cc(C(F)(F)F)c1)N2. The molecule has 4 N–H and O–H groups in total. The fourth-order valence-electron chi connectivity index (χ4n) is 3.66. The lowest BCUT2D eigenvalue weighted by Gasteiger charge is -2.18. The normalized spacial score (nSPS) is 13.1. The molecular weight excluding hydrogens is 514 g/mol. The van der Waals surface area contributed by atoms with Crippen molar-refractivity contribution in [2.45, 2.75) is 26.2 Å². The Morgan fingerprint density at radius 3 is 1.21 bits per heavy atom. The molecular formula is C24H18F6N8. The van der Waals surface area contributed by atoms with Gasteiger partial charge in [-0.05, 0) is 50.2 Å². The largest absolute Gasteiger partial charge is 0.416 e. The highest BCUT2D eigenvalue weighted by molar-refractivity contribution is 5.72. The summed E-state index contributed by atoms with van der Waals surface area (Å²) in [6, 6.07) is 6.44. The molecule has 0 atom stereocenters. The van der Waals surface area contributed by atoms with Gasteiger partial charge in [0, 0.05) is 46.3 Å². The smallest absolute Gasteiger partial charge is 0.340 e. The van der Waals surface area contributed by atoms with Crippen LogP contribution < -0.4 is 21.3 Å². The van der Waals surface area contributed by atoms with Gasteiger partial charge in [-0.1, -0.05) is 0 Å². The number of aromatic nitrogens is 4. The highest BCUT2D eigenvalue weighted by Crippen LogP contribution is 2.37. The van der Waals surface area contributed by atoms with Crippen LogP contribution in [0.25, 0.3) is 0 Å². The Bertz CT molecular complexity index is 1420. The van der Waals surface area contributed by atoms with E-state index in [1.807, 2.05) is 0 Å². The lowest BCUT2D eigenvalue weighted by atomic mass is 10.1. The summed E-state index contributed by atoms with van der Waals surface area (Å²) in [6.07, 6.45) is -6.52. The minimum absolute atomic E-state index is 0.0237. The van der Waals surface area contributed by atoms with Crippen LogP contribution in [-0.4, -0.2) is 19.9 Å². The number of fused-ring (bicyclic) bond motifs is 8. The van der Waals surface area contributed by atoms with Crippen LogP contribution in [0.2, 0.25) is 0 Å². The zero-order chi connectivity index (χ0) is 27.2. The van der Waals surface area contributed by atoms with E-state index in [1.165, 1.54) is 24.5 Å². The summed E-state index contributed by atoms with van der Waals surface area (Å²) >= 11 is 0. The second-order valence-corrected chi connectivity index (χ2v) is 8.54. The third-order valence-electron chi connectivity index (χ3n) is 5.50. The van der Waals surface area contributed by atoms with Gasteiger partial charge in [0.2, 0.25) is 11.9 Å². The van der Waals surface area contributed by atoms with Gasteiger partial charge in [-0.15, -0.1) is 0 Å². The van der Waals surface area contributed by atoms with Crippen LogP contribution >= 0.6 is 0 Å². The lowest BCUT2D eigenvalue weighted by Crippen LogP contribution is -2.10. The van der Waals surface area contributed by atoms with E-state index < -0.39 is 23.5 Å². The first-order chi connectivity index (χ1) is 17.8. The van der Waals surface area contributed by atoms with Crippen molar-refractivity contribution in [2.24, 2.45) is 0 Å². The van der Waals surface area contributed by atoms with E-state index in [0.29, 0.717) is 11.1 Å². The van der Waals surface area contributed by atoms with E-state index in [1.54, 1.807) is 13.8 Å². The number of nitrogens with one attached hydrogen (secondary N) is 4. The van der Waals surface area contributed by atoms with E-state index >= 15 is 0 Å². The highest BCUT2D eigenvalue weighted by atomic mass is 19.4. The summed E-state index contributed by atoms with van der Waals surface area (Å²) < 4.78 is 82.0. The van der Waals surface area contributed by atoms with Crippen molar-refractivity contribution in [3.8, 4) is 0 Å². The number of benzene rings is 2. The maximum Gasteiger partial charge on any atom is 0.416 e. The Balaban J connectivity index is 1.70. The van der Waals surface area contributed by atoms with Gasteiger partial charge in [0.05, 0.1) is 11.1 Å². The summed E-state index contributed by atoms with van der Waals surface area (Å²) in [5, 5.41) is 11.2. The molecule has 0 fully saturated rings. The summed E-state index contributed by atoms with van der Waals surface area (Å²) in [6.45, 7) is 3.26. The number of aryl methyl sites for hydroxylation is 2. The summed E-state index contributed by atoms with van der Waals surface area (Å²) in [5.41, 5.74) is -0.746. The molecule has 0 amide bonds. The van der Waals surface area contributed by atoms with Crippen LogP contribution in [0.15, 0.2) is 48.8 Å². The maximum atomic E-state index is 13.7. The predicted molar refractivity (Wildman–Crippen MR) is 130 cm³/mol. The van der Waals surface area contributed by atoms with Crippen LogP contribution in [0.1, 0.15) is 22.3 Å². The van der Waals surface area contributed by atoms with E-state index in [4.69, 9.17) is 0 Å². The Morgan fingerprint density at radius 1 is 0.526 bits per heavy atom. The summed E-state index contributed by atoms with van der Waals surface area (Å²) in [4.78, 5) is 16.7. The first-order valence-corrected chi connectivity index (χ1v) is 11.0. The average Bonchev–Trinajstić information content (AvgIpc) is 2.81. The fraction of sp³-hybridized carbons (Fsp3) is 0.167. The van der Waals surface area contributed by atoms with Crippen molar-refractivity contribution in [3.05, 3.63) is 71.0 Å². The molecule has 38 heavy (non-hydrogen) atoms. The molecule has 1 aliphatic heterocycles. The van der Waals surface area contributed by atoms with E-state index in [0.717, 1.165) is 24.3 Å². The number of hydrogen-bond donors (Lipinski definition) is 4. The summed E-state index contributed by atoms with van der Waals surface area (Å²) in [5.74, 6) is 0.167. The zero-order valence-electron chi connectivity index (χ0n) is 19.7. The maximum absolute atomic E-state index is 13.7. The molecule has 1 aliphatic rings. The van der Waals surface area contributed by atoms with Gasteiger partial charge >= 0.3 is 12.4 Å². The molecule has 5 rings (SSSR count). The van der Waals surface area contributed by atoms with Crippen molar-refractivity contribution >= 4 is 46.3 Å². The van der Waals surface area contributed by atoms with Crippen molar-refractivity contribution in [2.75, 3.05) is 21.3 Å². The molecule has 0 radical (unpaired) electrons. The molecule has 4 aromatic rings. The number of halogens is 6. The van der Waals surface area contributed by atoms with E-state index in [9.17, 15) is 26.3 Å². The average molecular weight is 532 g/mol. The van der Waals surface area contributed by atoms with Crippen LogP contribution in [-0.2, 0) is 12.4 Å². The van der Waals surface area contributed by atoms with Crippen LogP contribution in [0.3, 0.4) is 0 Å². The lowest BCUT2D eigenvalue weighted by molar-refractivity contribution is -0.138. The molecule has 8 bridgehead atoms. The number of rotatable bonds is 0. The minimum atomic E-state index is -4.65. The van der Waals surface area contributed by atoms with E-state index in [2.05, 4.69) is 41.2 Å². The Hall–Kier alpha value is -4.62. The molecule has 196 valence electrons. The topological polar surface area (TPSA) is 99.7 Å². The molecule has 3 heterocycles. The number of nitrogens with zero attached hydrogens (tertiary/aromatic N) is 4. The minimum Gasteiger partial charge on any atom is -0.340 e. The Morgan fingerprint density at radius 2 is 0.868 bits per heavy atom. The number of anilines is 8. The van der Waals surface area contributed by atoms with Crippen molar-refractivity contribution < 1.29 is 26.3 Å². The quantitative estimate of drug-likeness (QED) is 0.155. The van der Waals surface area contributed by atoms with Gasteiger partial charge < -0.3 is 21.3 Å². The molecule has 0 saturated carbocycles. The van der Waals surface area contributed by atoms with Gasteiger partial charge in [-0.25, -0.2) is 9.97 Å². The Kier molecular flexibility index (Phi) is 5.96. The van der Waals surface area contributed by atoms with Gasteiger partial charge in [0.1, 0.15) is 11.6 Å². The van der Waals surface area contributed by atoms with Crippen LogP contribution in [0.5, 0.6) is 0 Å². The fourth-order valence-corrected chi connectivity index (χ4v) is 3.66. The first kappa shape index (κ1) is 25.0. The Labute approximate surface area is 211 Å². The van der Waals surface area contributed by atoms with Crippen LogP contribution in [0.4, 0.5) is 72.6 Å². The molecule has 2 aromatic heterocycles. The molecule has 8 nitrogen and oxygen atoms in total. The van der Waals surface area contributed by atoms with E-state index in [-0.39, 0.29) is 46.3 Å². The summed E-state index contributed by atoms with van der Waals surface area (Å²) in [7, 11) is 0. The molecule has 0 unspecified atom stereocenters. The van der Waals surface area contributed by atoms with Crippen molar-refractivity contribution in [1.82, 2.24) is 19.9 Å². The third kappa shape index (κ3) is 5.38. The monoisotopic (exact) mass is 532 g/mol. The number of alkyl halides is 6. The zero-order valence-corrected chi connectivity index (χ0v) is 19.7. The van der Waals surface area contributed by atoms with Gasteiger partial charge in [-0.3, -0.25) is 0 Å². The van der Waals surface area contributed by atoms with Gasteiger partial charge in [-0.2, -0.15) is 36.3 Å². The van der Waals surface area contributed by atoms with Crippen molar-refractivity contribution in [3.63, 3.8) is 0 Å².